The molecule has 0 saturated heterocycles. The second-order valence-electron chi connectivity index (χ2n) is 7.29. The van der Waals surface area contributed by atoms with Crippen LogP contribution in [0, 0.1) is 0 Å². The van der Waals surface area contributed by atoms with Gasteiger partial charge in [0.15, 0.2) is 0 Å². The van der Waals surface area contributed by atoms with Gasteiger partial charge in [0.25, 0.3) is 0 Å². The van der Waals surface area contributed by atoms with Gasteiger partial charge >= 0.3 is 0 Å². The van der Waals surface area contributed by atoms with Crippen molar-refractivity contribution in [1.82, 2.24) is 10.3 Å². The van der Waals surface area contributed by atoms with Crippen LogP contribution in [0.2, 0.25) is 5.02 Å². The standard InChI is InChI=1S/C23H23ClN2O2/c24-18-8-13-23(25-15-18)28-20-11-9-19(10-12-20)26-22(27)14-17-6-3-5-16-4-1-2-7-21(16)17/h1-8,13,15,19-20H,9-12,14H2,(H,26,27). The van der Waals surface area contributed by atoms with Gasteiger partial charge in [0.2, 0.25) is 11.8 Å². The molecule has 3 aromatic rings. The summed E-state index contributed by atoms with van der Waals surface area (Å²) in [6.45, 7) is 0. The number of amides is 1. The molecule has 1 fully saturated rings. The van der Waals surface area contributed by atoms with Crippen LogP contribution >= 0.6 is 11.6 Å². The molecule has 0 spiro atoms. The fourth-order valence-corrected chi connectivity index (χ4v) is 3.94. The summed E-state index contributed by atoms with van der Waals surface area (Å²) in [6.07, 6.45) is 5.79. The Kier molecular flexibility index (Phi) is 5.77. The Balaban J connectivity index is 1.28. The van der Waals surface area contributed by atoms with E-state index in [0.29, 0.717) is 17.3 Å². The lowest BCUT2D eigenvalue weighted by Gasteiger charge is -2.29. The highest BCUT2D eigenvalue weighted by molar-refractivity contribution is 6.30. The molecule has 0 aliphatic heterocycles. The molecule has 5 heteroatoms. The zero-order valence-electron chi connectivity index (χ0n) is 15.6. The van der Waals surface area contributed by atoms with Crippen molar-refractivity contribution in [2.24, 2.45) is 0 Å². The molecule has 28 heavy (non-hydrogen) atoms. The third-order valence-corrected chi connectivity index (χ3v) is 5.48. The van der Waals surface area contributed by atoms with Gasteiger partial charge in [-0.25, -0.2) is 4.98 Å². The van der Waals surface area contributed by atoms with Gasteiger partial charge in [-0.15, -0.1) is 0 Å². The van der Waals surface area contributed by atoms with E-state index in [4.69, 9.17) is 16.3 Å². The number of hydrogen-bond donors (Lipinski definition) is 1. The first-order valence-corrected chi connectivity index (χ1v) is 10.1. The van der Waals surface area contributed by atoms with Crippen LogP contribution < -0.4 is 10.1 Å². The van der Waals surface area contributed by atoms with Crippen molar-refractivity contribution in [2.45, 2.75) is 44.2 Å². The van der Waals surface area contributed by atoms with Crippen LogP contribution in [0.4, 0.5) is 0 Å². The Morgan fingerprint density at radius 2 is 1.82 bits per heavy atom. The Bertz CT molecular complexity index is 945. The van der Waals surface area contributed by atoms with Crippen molar-refractivity contribution in [3.8, 4) is 5.88 Å². The molecule has 1 aliphatic rings. The maximum atomic E-state index is 12.6. The highest BCUT2D eigenvalue weighted by Crippen LogP contribution is 2.24. The normalized spacial score (nSPS) is 19.3. The Morgan fingerprint density at radius 3 is 2.61 bits per heavy atom. The van der Waals surface area contributed by atoms with E-state index in [1.807, 2.05) is 24.3 Å². The van der Waals surface area contributed by atoms with Crippen molar-refractivity contribution in [2.75, 3.05) is 0 Å². The number of halogens is 1. The number of benzene rings is 2. The minimum absolute atomic E-state index is 0.0834. The molecule has 0 bridgehead atoms. The molecule has 4 rings (SSSR count). The summed E-state index contributed by atoms with van der Waals surface area (Å²) in [5.41, 5.74) is 1.07. The zero-order chi connectivity index (χ0) is 19.3. The smallest absolute Gasteiger partial charge is 0.224 e. The van der Waals surface area contributed by atoms with Gasteiger partial charge in [-0.05, 0) is 48.1 Å². The van der Waals surface area contributed by atoms with E-state index in [-0.39, 0.29) is 18.1 Å². The SMILES string of the molecule is O=C(Cc1cccc2ccccc12)NC1CCC(Oc2ccc(Cl)cn2)CC1. The zero-order valence-corrected chi connectivity index (χ0v) is 16.4. The van der Waals surface area contributed by atoms with E-state index in [1.54, 1.807) is 18.3 Å². The average molecular weight is 395 g/mol. The number of pyridine rings is 1. The van der Waals surface area contributed by atoms with Gasteiger partial charge in [-0.2, -0.15) is 0 Å². The average Bonchev–Trinajstić information content (AvgIpc) is 2.71. The maximum absolute atomic E-state index is 12.6. The van der Waals surface area contributed by atoms with Gasteiger partial charge in [0.05, 0.1) is 11.4 Å². The molecule has 1 aromatic heterocycles. The number of carbonyl (C=O) groups is 1. The monoisotopic (exact) mass is 394 g/mol. The highest BCUT2D eigenvalue weighted by atomic mass is 35.5. The van der Waals surface area contributed by atoms with Crippen molar-refractivity contribution < 1.29 is 9.53 Å². The molecule has 1 heterocycles. The van der Waals surface area contributed by atoms with E-state index in [2.05, 4.69) is 28.5 Å². The largest absolute Gasteiger partial charge is 0.474 e. The molecular weight excluding hydrogens is 372 g/mol. The molecule has 1 amide bonds. The molecule has 1 saturated carbocycles. The summed E-state index contributed by atoms with van der Waals surface area (Å²) >= 11 is 5.85. The van der Waals surface area contributed by atoms with Crippen molar-refractivity contribution in [3.05, 3.63) is 71.4 Å². The fourth-order valence-electron chi connectivity index (χ4n) is 3.83. The molecule has 0 unspecified atom stereocenters. The molecule has 1 N–H and O–H groups in total. The summed E-state index contributed by atoms with van der Waals surface area (Å²) in [7, 11) is 0. The van der Waals surface area contributed by atoms with Crippen molar-refractivity contribution >= 4 is 28.3 Å². The van der Waals surface area contributed by atoms with Gasteiger partial charge in [-0.1, -0.05) is 54.1 Å². The molecule has 0 radical (unpaired) electrons. The maximum Gasteiger partial charge on any atom is 0.224 e. The second-order valence-corrected chi connectivity index (χ2v) is 7.73. The van der Waals surface area contributed by atoms with Crippen LogP contribution in [-0.4, -0.2) is 23.0 Å². The lowest BCUT2D eigenvalue weighted by Crippen LogP contribution is -2.40. The van der Waals surface area contributed by atoms with Crippen LogP contribution in [-0.2, 0) is 11.2 Å². The Hall–Kier alpha value is -2.59. The molecule has 2 aromatic carbocycles. The minimum Gasteiger partial charge on any atom is -0.474 e. The molecule has 4 nitrogen and oxygen atoms in total. The molecule has 1 aliphatic carbocycles. The molecule has 144 valence electrons. The lowest BCUT2D eigenvalue weighted by atomic mass is 9.92. The second kappa shape index (κ2) is 8.61. The number of aromatic nitrogens is 1. The highest BCUT2D eigenvalue weighted by Gasteiger charge is 2.24. The summed E-state index contributed by atoms with van der Waals surface area (Å²) < 4.78 is 5.92. The predicted octanol–water partition coefficient (Wildman–Crippen LogP) is 4.94. The summed E-state index contributed by atoms with van der Waals surface area (Å²) in [5.74, 6) is 0.688. The van der Waals surface area contributed by atoms with Gasteiger partial charge in [0.1, 0.15) is 6.10 Å². The first kappa shape index (κ1) is 18.8. The van der Waals surface area contributed by atoms with Crippen molar-refractivity contribution in [1.29, 1.82) is 0 Å². The third kappa shape index (κ3) is 4.63. The van der Waals surface area contributed by atoms with Gasteiger partial charge in [0, 0.05) is 18.3 Å². The number of fused-ring (bicyclic) bond motifs is 1. The summed E-state index contributed by atoms with van der Waals surface area (Å²) in [6, 6.07) is 18.1. The van der Waals surface area contributed by atoms with Crippen molar-refractivity contribution in [3.63, 3.8) is 0 Å². The Morgan fingerprint density at radius 1 is 1.04 bits per heavy atom. The van der Waals surface area contributed by atoms with E-state index < -0.39 is 0 Å². The van der Waals surface area contributed by atoms with Gasteiger partial charge < -0.3 is 10.1 Å². The van der Waals surface area contributed by atoms with Crippen LogP contribution in [0.1, 0.15) is 31.2 Å². The van der Waals surface area contributed by atoms with E-state index in [9.17, 15) is 4.79 Å². The number of hydrogen-bond acceptors (Lipinski definition) is 3. The number of nitrogens with one attached hydrogen (secondary N) is 1. The van der Waals surface area contributed by atoms with Crippen LogP contribution in [0.25, 0.3) is 10.8 Å². The first-order valence-electron chi connectivity index (χ1n) is 9.71. The molecular formula is C23H23ClN2O2. The first-order chi connectivity index (χ1) is 13.7. The number of nitrogens with zero attached hydrogens (tertiary/aromatic N) is 1. The summed E-state index contributed by atoms with van der Waals surface area (Å²) in [4.78, 5) is 16.8. The van der Waals surface area contributed by atoms with E-state index in [1.165, 1.54) is 5.39 Å². The Labute approximate surface area is 169 Å². The third-order valence-electron chi connectivity index (χ3n) is 5.26. The topological polar surface area (TPSA) is 51.2 Å². The fraction of sp³-hybridized carbons (Fsp3) is 0.304. The van der Waals surface area contributed by atoms with Crippen LogP contribution in [0.3, 0.4) is 0 Å². The minimum atomic E-state index is 0.0834. The summed E-state index contributed by atoms with van der Waals surface area (Å²) in [5, 5.41) is 6.11. The quantitative estimate of drug-likeness (QED) is 0.667. The lowest BCUT2D eigenvalue weighted by molar-refractivity contribution is -0.121. The van der Waals surface area contributed by atoms with E-state index in [0.717, 1.165) is 36.6 Å². The van der Waals surface area contributed by atoms with E-state index >= 15 is 0 Å². The number of rotatable bonds is 5. The molecule has 0 atom stereocenters. The van der Waals surface area contributed by atoms with Crippen LogP contribution in [0.5, 0.6) is 5.88 Å². The number of carbonyl (C=O) groups excluding carboxylic acids is 1. The van der Waals surface area contributed by atoms with Crippen LogP contribution in [0.15, 0.2) is 60.8 Å². The predicted molar refractivity (Wildman–Crippen MR) is 112 cm³/mol. The van der Waals surface area contributed by atoms with Gasteiger partial charge in [-0.3, -0.25) is 4.79 Å². The number of ether oxygens (including phenoxy) is 1.